The largest absolute Gasteiger partial charge is 0.481 e. The number of carboxylic acids is 1. The van der Waals surface area contributed by atoms with Gasteiger partial charge in [0.05, 0.1) is 6.04 Å². The van der Waals surface area contributed by atoms with Gasteiger partial charge >= 0.3 is 5.97 Å². The van der Waals surface area contributed by atoms with E-state index in [1.165, 1.54) is 0 Å². The third kappa shape index (κ3) is 11.1. The molecule has 0 spiro atoms. The van der Waals surface area contributed by atoms with Crippen LogP contribution in [0.15, 0.2) is 0 Å². The molecular formula is C13H26N2O4S. The number of rotatable bonds is 10. The fraction of sp³-hybridized carbons (Fsp3) is 0.846. The van der Waals surface area contributed by atoms with E-state index < -0.39 is 24.1 Å². The highest BCUT2D eigenvalue weighted by atomic mass is 32.2. The van der Waals surface area contributed by atoms with Gasteiger partial charge in [-0.25, -0.2) is 0 Å². The van der Waals surface area contributed by atoms with E-state index in [1.54, 1.807) is 11.8 Å². The topological polar surface area (TPSA) is 113 Å². The summed E-state index contributed by atoms with van der Waals surface area (Å²) >= 11 is 1.73. The van der Waals surface area contributed by atoms with Gasteiger partial charge < -0.3 is 15.9 Å². The maximum absolute atomic E-state index is 11.2. The number of nitrogens with two attached hydrogens (primary N) is 1. The maximum atomic E-state index is 11.2. The zero-order valence-corrected chi connectivity index (χ0v) is 13.2. The van der Waals surface area contributed by atoms with Crippen molar-refractivity contribution in [1.82, 2.24) is 5.32 Å². The van der Waals surface area contributed by atoms with Crippen molar-refractivity contribution in [2.75, 3.05) is 11.5 Å². The predicted molar refractivity (Wildman–Crippen MR) is 80.4 cm³/mol. The van der Waals surface area contributed by atoms with E-state index in [0.29, 0.717) is 6.42 Å². The minimum Gasteiger partial charge on any atom is -0.481 e. The first-order valence-corrected chi connectivity index (χ1v) is 7.80. The maximum Gasteiger partial charge on any atom is 0.303 e. The van der Waals surface area contributed by atoms with Crippen molar-refractivity contribution < 1.29 is 19.8 Å². The molecule has 0 aliphatic heterocycles. The Labute approximate surface area is 124 Å². The lowest BCUT2D eigenvalue weighted by molar-refractivity contribution is -0.137. The van der Waals surface area contributed by atoms with Gasteiger partial charge in [-0.15, -0.1) is 0 Å². The van der Waals surface area contributed by atoms with Gasteiger partial charge in [0.1, 0.15) is 6.23 Å². The number of carboxylic acid groups (broad SMARTS) is 1. The molecule has 118 valence electrons. The average molecular weight is 306 g/mol. The SMILES string of the molecule is CC(C)(C)CSCCC(O)N[C@@H](CCC(=O)O)C(N)=O. The third-order valence-corrected chi connectivity index (χ3v) is 4.05. The molecule has 0 bridgehead atoms. The summed E-state index contributed by atoms with van der Waals surface area (Å²) in [4.78, 5) is 21.6. The Morgan fingerprint density at radius 2 is 1.90 bits per heavy atom. The second kappa shape index (κ2) is 9.20. The first kappa shape index (κ1) is 19.2. The van der Waals surface area contributed by atoms with Crippen LogP contribution in [0.3, 0.4) is 0 Å². The van der Waals surface area contributed by atoms with Crippen molar-refractivity contribution in [3.05, 3.63) is 0 Å². The van der Waals surface area contributed by atoms with E-state index >= 15 is 0 Å². The van der Waals surface area contributed by atoms with Crippen molar-refractivity contribution in [2.45, 2.75) is 52.3 Å². The first-order valence-electron chi connectivity index (χ1n) is 6.65. The van der Waals surface area contributed by atoms with Crippen LogP contribution in [0.25, 0.3) is 0 Å². The molecule has 1 amide bonds. The summed E-state index contributed by atoms with van der Waals surface area (Å²) in [6, 6.07) is -0.811. The van der Waals surface area contributed by atoms with Crippen LogP contribution in [0.1, 0.15) is 40.0 Å². The number of hydrogen-bond acceptors (Lipinski definition) is 5. The van der Waals surface area contributed by atoms with Crippen LogP contribution < -0.4 is 11.1 Å². The molecule has 0 saturated heterocycles. The van der Waals surface area contributed by atoms with Gasteiger partial charge in [-0.1, -0.05) is 20.8 Å². The molecule has 0 aromatic rings. The highest BCUT2D eigenvalue weighted by Gasteiger charge is 2.19. The van der Waals surface area contributed by atoms with E-state index in [0.717, 1.165) is 11.5 Å². The van der Waals surface area contributed by atoms with Gasteiger partial charge in [0.25, 0.3) is 0 Å². The smallest absolute Gasteiger partial charge is 0.303 e. The summed E-state index contributed by atoms with van der Waals surface area (Å²) in [6.07, 6.45) is -0.450. The molecular weight excluding hydrogens is 280 g/mol. The van der Waals surface area contributed by atoms with E-state index in [-0.39, 0.29) is 18.3 Å². The van der Waals surface area contributed by atoms with Gasteiger partial charge in [0, 0.05) is 6.42 Å². The van der Waals surface area contributed by atoms with Gasteiger partial charge in [-0.3, -0.25) is 14.9 Å². The van der Waals surface area contributed by atoms with Crippen LogP contribution in [-0.2, 0) is 9.59 Å². The Bertz CT molecular complexity index is 318. The lowest BCUT2D eigenvalue weighted by atomic mass is 10.0. The van der Waals surface area contributed by atoms with E-state index in [9.17, 15) is 14.7 Å². The number of primary amides is 1. The molecule has 0 heterocycles. The number of hydrogen-bond donors (Lipinski definition) is 4. The standard InChI is InChI=1S/C13H26N2O4S/c1-13(2,3)8-20-7-6-10(16)15-9(12(14)19)4-5-11(17)18/h9-10,15-16H,4-8H2,1-3H3,(H2,14,19)(H,17,18)/t9-,10?/m0/s1. The minimum atomic E-state index is -0.992. The second-order valence-corrected chi connectivity index (χ2v) is 7.08. The summed E-state index contributed by atoms with van der Waals surface area (Å²) < 4.78 is 0. The van der Waals surface area contributed by atoms with Crippen molar-refractivity contribution in [1.29, 1.82) is 0 Å². The molecule has 20 heavy (non-hydrogen) atoms. The molecule has 2 atom stereocenters. The minimum absolute atomic E-state index is 0.0802. The van der Waals surface area contributed by atoms with Crippen LogP contribution in [0.4, 0.5) is 0 Å². The molecule has 0 aromatic heterocycles. The van der Waals surface area contributed by atoms with Gasteiger partial charge in [0.15, 0.2) is 0 Å². The summed E-state index contributed by atoms with van der Waals surface area (Å²) in [5.74, 6) is 0.106. The molecule has 0 saturated carbocycles. The summed E-state index contributed by atoms with van der Waals surface area (Å²) in [5, 5.41) is 21.0. The predicted octanol–water partition coefficient (Wildman–Crippen LogP) is 0.783. The van der Waals surface area contributed by atoms with Crippen LogP contribution in [0.2, 0.25) is 0 Å². The normalized spacial score (nSPS) is 14.8. The Morgan fingerprint density at radius 3 is 2.35 bits per heavy atom. The van der Waals surface area contributed by atoms with E-state index in [2.05, 4.69) is 26.1 Å². The molecule has 7 heteroatoms. The molecule has 0 rings (SSSR count). The molecule has 1 unspecified atom stereocenters. The highest BCUT2D eigenvalue weighted by molar-refractivity contribution is 7.99. The number of aliphatic carboxylic acids is 1. The van der Waals surface area contributed by atoms with Crippen molar-refractivity contribution >= 4 is 23.6 Å². The zero-order valence-electron chi connectivity index (χ0n) is 12.4. The number of aliphatic hydroxyl groups excluding tert-OH is 1. The first-order chi connectivity index (χ1) is 9.11. The molecule has 5 N–H and O–H groups in total. The molecule has 0 aliphatic carbocycles. The highest BCUT2D eigenvalue weighted by Crippen LogP contribution is 2.20. The zero-order chi connectivity index (χ0) is 15.8. The fourth-order valence-electron chi connectivity index (χ4n) is 1.46. The molecule has 6 nitrogen and oxygen atoms in total. The van der Waals surface area contributed by atoms with Gasteiger partial charge in [-0.05, 0) is 29.8 Å². The Hall–Kier alpha value is -0.790. The monoisotopic (exact) mass is 306 g/mol. The average Bonchev–Trinajstić information content (AvgIpc) is 2.28. The Morgan fingerprint density at radius 1 is 1.30 bits per heavy atom. The molecule has 0 fully saturated rings. The quantitative estimate of drug-likeness (QED) is 0.350. The number of nitrogens with one attached hydrogen (secondary N) is 1. The molecule has 0 aromatic carbocycles. The lowest BCUT2D eigenvalue weighted by Crippen LogP contribution is -2.46. The van der Waals surface area contributed by atoms with Crippen molar-refractivity contribution in [3.8, 4) is 0 Å². The van der Waals surface area contributed by atoms with Crippen molar-refractivity contribution in [2.24, 2.45) is 11.1 Å². The van der Waals surface area contributed by atoms with Crippen LogP contribution >= 0.6 is 11.8 Å². The molecule has 0 radical (unpaired) electrons. The summed E-state index contributed by atoms with van der Waals surface area (Å²) in [6.45, 7) is 6.43. The summed E-state index contributed by atoms with van der Waals surface area (Å²) in [7, 11) is 0. The van der Waals surface area contributed by atoms with Crippen molar-refractivity contribution in [3.63, 3.8) is 0 Å². The van der Waals surface area contributed by atoms with Gasteiger partial charge in [-0.2, -0.15) is 11.8 Å². The van der Waals surface area contributed by atoms with Gasteiger partial charge in [0.2, 0.25) is 5.91 Å². The van der Waals surface area contributed by atoms with E-state index in [4.69, 9.17) is 10.8 Å². The lowest BCUT2D eigenvalue weighted by Gasteiger charge is -2.21. The number of carbonyl (C=O) groups is 2. The third-order valence-electron chi connectivity index (χ3n) is 2.45. The Kier molecular flexibility index (Phi) is 8.84. The number of thioether (sulfide) groups is 1. The number of aliphatic hydroxyl groups is 1. The number of carbonyl (C=O) groups excluding carboxylic acids is 1. The second-order valence-electron chi connectivity index (χ2n) is 5.97. The Balaban J connectivity index is 3.98. The number of amides is 1. The van der Waals surface area contributed by atoms with Crippen LogP contribution in [0.5, 0.6) is 0 Å². The summed E-state index contributed by atoms with van der Waals surface area (Å²) in [5.41, 5.74) is 5.41. The fourth-order valence-corrected chi connectivity index (χ4v) is 2.61. The van der Waals surface area contributed by atoms with Crippen LogP contribution in [-0.4, -0.2) is 45.9 Å². The molecule has 0 aliphatic rings. The van der Waals surface area contributed by atoms with E-state index in [1.807, 2.05) is 0 Å². The van der Waals surface area contributed by atoms with Crippen LogP contribution in [0, 0.1) is 5.41 Å².